The molecule has 1 aliphatic heterocycles. The van der Waals surface area contributed by atoms with E-state index in [4.69, 9.17) is 4.74 Å². The van der Waals surface area contributed by atoms with E-state index in [0.717, 1.165) is 23.7 Å². The highest BCUT2D eigenvalue weighted by Gasteiger charge is 2.71. The molecule has 2 nitrogen and oxygen atoms in total. The third-order valence-electron chi connectivity index (χ3n) is 17.2. The molecule has 8 saturated carbocycles. The lowest BCUT2D eigenvalue weighted by Crippen LogP contribution is -2.60. The average Bonchev–Trinajstić information content (AvgIpc) is 3.63. The molecule has 5 aromatic rings. The molecule has 15 rings (SSSR count). The number of rotatable bonds is 4. The number of hydrogen-bond donors (Lipinski definition) is 0. The first-order valence-electron chi connectivity index (χ1n) is 21.9. The Morgan fingerprint density at radius 1 is 0.418 bits per heavy atom. The highest BCUT2D eigenvalue weighted by Crippen LogP contribution is 2.74. The standard InChI is InChI=1S/C53H53NO/c1-51(2)47-11-7-6-10-45(47)46-18-16-43(30-49(46)51)54(42-14-12-37(13-15-42)36-8-4-3-5-9-36)44-17-19-48-50(31-44)53(40-26-34-21-35(28-40)29-41(53)27-34)55-52(48)38-22-32-20-33(24-38)25-39(52)23-32/h3-19,30-35,38-41H,20-29H2,1-2H3. The first-order valence-corrected chi connectivity index (χ1v) is 21.9. The van der Waals surface area contributed by atoms with E-state index in [1.165, 1.54) is 115 Å². The van der Waals surface area contributed by atoms with Gasteiger partial charge in [-0.05, 0) is 192 Å². The fraction of sp³-hybridized carbons (Fsp3) is 0.434. The first-order chi connectivity index (χ1) is 26.9. The summed E-state index contributed by atoms with van der Waals surface area (Å²) in [5.41, 5.74) is 14.8. The lowest BCUT2D eigenvalue weighted by molar-refractivity contribution is -0.304. The second-order valence-electron chi connectivity index (χ2n) is 20.2. The molecule has 0 aromatic heterocycles. The summed E-state index contributed by atoms with van der Waals surface area (Å²) >= 11 is 0. The van der Waals surface area contributed by atoms with Gasteiger partial charge in [0.05, 0.1) is 0 Å². The number of anilines is 3. The number of ether oxygens (including phenoxy) is 1. The largest absolute Gasteiger partial charge is 0.358 e. The molecule has 5 aromatic carbocycles. The van der Waals surface area contributed by atoms with Crippen LogP contribution in [0, 0.1) is 47.3 Å². The summed E-state index contributed by atoms with van der Waals surface area (Å²) in [6.45, 7) is 4.82. The minimum absolute atomic E-state index is 0.0627. The normalized spacial score (nSPS) is 36.0. The lowest BCUT2D eigenvalue weighted by Gasteiger charge is -2.64. The molecule has 0 radical (unpaired) electrons. The van der Waals surface area contributed by atoms with Gasteiger partial charge in [-0.15, -0.1) is 0 Å². The predicted octanol–water partition coefficient (Wildman–Crippen LogP) is 13.5. The topological polar surface area (TPSA) is 12.5 Å². The van der Waals surface area contributed by atoms with Gasteiger partial charge in [0.1, 0.15) is 11.2 Å². The Balaban J connectivity index is 1.00. The van der Waals surface area contributed by atoms with Gasteiger partial charge in [-0.25, -0.2) is 0 Å². The van der Waals surface area contributed by atoms with Crippen LogP contribution in [-0.2, 0) is 21.4 Å². The summed E-state index contributed by atoms with van der Waals surface area (Å²) in [7, 11) is 0. The average molecular weight is 720 g/mol. The zero-order chi connectivity index (χ0) is 36.3. The van der Waals surface area contributed by atoms with Gasteiger partial charge in [0.2, 0.25) is 0 Å². The number of benzene rings is 5. The Hall–Kier alpha value is -4.14. The molecule has 0 atom stereocenters. The summed E-state index contributed by atoms with van der Waals surface area (Å²) in [6, 6.07) is 44.4. The molecule has 10 aliphatic rings. The molecule has 9 aliphatic carbocycles. The van der Waals surface area contributed by atoms with Crippen LogP contribution in [-0.4, -0.2) is 0 Å². The lowest BCUT2D eigenvalue weighted by atomic mass is 9.48. The third-order valence-corrected chi connectivity index (χ3v) is 17.2. The maximum absolute atomic E-state index is 8.28. The molecular weight excluding hydrogens is 667 g/mol. The molecule has 2 heteroatoms. The van der Waals surface area contributed by atoms with Crippen LogP contribution in [0.2, 0.25) is 0 Å². The Morgan fingerprint density at radius 3 is 1.51 bits per heavy atom. The molecule has 0 N–H and O–H groups in total. The van der Waals surface area contributed by atoms with Crippen LogP contribution in [0.25, 0.3) is 22.3 Å². The summed E-state index contributed by atoms with van der Waals surface area (Å²) in [5, 5.41) is 0. The summed E-state index contributed by atoms with van der Waals surface area (Å²) in [4.78, 5) is 2.58. The van der Waals surface area contributed by atoms with Gasteiger partial charge in [-0.1, -0.05) is 92.7 Å². The second-order valence-corrected chi connectivity index (χ2v) is 20.2. The van der Waals surface area contributed by atoms with Crippen molar-refractivity contribution in [2.75, 3.05) is 4.90 Å². The monoisotopic (exact) mass is 719 g/mol. The zero-order valence-corrected chi connectivity index (χ0v) is 32.5. The second kappa shape index (κ2) is 11.0. The van der Waals surface area contributed by atoms with Crippen molar-refractivity contribution in [2.45, 2.75) is 94.7 Å². The van der Waals surface area contributed by atoms with E-state index in [1.807, 2.05) is 0 Å². The van der Waals surface area contributed by atoms with Gasteiger partial charge in [-0.3, -0.25) is 0 Å². The fourth-order valence-electron chi connectivity index (χ4n) is 15.4. The highest BCUT2D eigenvalue weighted by molar-refractivity contribution is 5.86. The maximum Gasteiger partial charge on any atom is 0.100 e. The number of fused-ring (bicyclic) bond motifs is 4. The molecule has 0 amide bonds. The van der Waals surface area contributed by atoms with Crippen molar-refractivity contribution in [3.05, 3.63) is 138 Å². The fourth-order valence-corrected chi connectivity index (χ4v) is 15.4. The molecular formula is C53H53NO. The Kier molecular flexibility index (Phi) is 6.42. The van der Waals surface area contributed by atoms with Crippen molar-refractivity contribution < 1.29 is 4.74 Å². The zero-order valence-electron chi connectivity index (χ0n) is 32.5. The van der Waals surface area contributed by atoms with Crippen LogP contribution in [0.1, 0.15) is 100 Å². The van der Waals surface area contributed by atoms with Gasteiger partial charge in [-0.2, -0.15) is 0 Å². The quantitative estimate of drug-likeness (QED) is 0.183. The molecule has 8 fully saturated rings. The van der Waals surface area contributed by atoms with Crippen molar-refractivity contribution >= 4 is 17.1 Å². The van der Waals surface area contributed by atoms with Gasteiger partial charge in [0, 0.05) is 22.5 Å². The van der Waals surface area contributed by atoms with Crippen molar-refractivity contribution in [1.82, 2.24) is 0 Å². The van der Waals surface area contributed by atoms with Crippen molar-refractivity contribution in [3.8, 4) is 22.3 Å². The smallest absolute Gasteiger partial charge is 0.100 e. The van der Waals surface area contributed by atoms with E-state index < -0.39 is 0 Å². The van der Waals surface area contributed by atoms with Crippen LogP contribution in [0.4, 0.5) is 17.1 Å². The van der Waals surface area contributed by atoms with E-state index in [2.05, 4.69) is 134 Å². The maximum atomic E-state index is 8.28. The van der Waals surface area contributed by atoms with Crippen molar-refractivity contribution in [1.29, 1.82) is 0 Å². The van der Waals surface area contributed by atoms with E-state index in [9.17, 15) is 0 Å². The first kappa shape index (κ1) is 32.0. The van der Waals surface area contributed by atoms with Crippen LogP contribution in [0.15, 0.2) is 115 Å². The molecule has 276 valence electrons. The third kappa shape index (κ3) is 4.20. The van der Waals surface area contributed by atoms with E-state index in [1.54, 1.807) is 11.1 Å². The van der Waals surface area contributed by atoms with E-state index in [0.29, 0.717) is 23.7 Å². The number of hydrogen-bond acceptors (Lipinski definition) is 2. The number of nitrogens with zero attached hydrogens (tertiary/aromatic N) is 1. The van der Waals surface area contributed by atoms with Crippen LogP contribution in [0.5, 0.6) is 0 Å². The van der Waals surface area contributed by atoms with Crippen LogP contribution >= 0.6 is 0 Å². The molecule has 2 spiro atoms. The summed E-state index contributed by atoms with van der Waals surface area (Å²) < 4.78 is 8.28. The predicted molar refractivity (Wildman–Crippen MR) is 223 cm³/mol. The van der Waals surface area contributed by atoms with Crippen molar-refractivity contribution in [2.24, 2.45) is 47.3 Å². The van der Waals surface area contributed by atoms with Gasteiger partial charge >= 0.3 is 0 Å². The molecule has 55 heavy (non-hydrogen) atoms. The molecule has 0 saturated heterocycles. The van der Waals surface area contributed by atoms with Crippen LogP contribution in [0.3, 0.4) is 0 Å². The molecule has 0 unspecified atom stereocenters. The Morgan fingerprint density at radius 2 is 0.891 bits per heavy atom. The Bertz CT molecular complexity index is 2310. The highest BCUT2D eigenvalue weighted by atomic mass is 16.5. The Labute approximate surface area is 327 Å². The van der Waals surface area contributed by atoms with Crippen LogP contribution < -0.4 is 4.90 Å². The molecule has 1 heterocycles. The SMILES string of the molecule is CC1(C)c2ccccc2-c2ccc(N(c3ccc(-c4ccccc4)cc3)c3ccc4c(c3)C3(OC45C4CC6CC(C4)CC5C6)C4CC5CC(C4)CC3C5)cc21. The van der Waals surface area contributed by atoms with E-state index >= 15 is 0 Å². The molecule has 8 bridgehead atoms. The minimum atomic E-state index is -0.126. The van der Waals surface area contributed by atoms with Gasteiger partial charge in [0.25, 0.3) is 0 Å². The minimum Gasteiger partial charge on any atom is -0.358 e. The summed E-state index contributed by atoms with van der Waals surface area (Å²) in [5.74, 6) is 6.38. The van der Waals surface area contributed by atoms with Crippen molar-refractivity contribution in [3.63, 3.8) is 0 Å². The summed E-state index contributed by atoms with van der Waals surface area (Å²) in [6.07, 6.45) is 14.0. The van der Waals surface area contributed by atoms with Gasteiger partial charge < -0.3 is 9.64 Å². The van der Waals surface area contributed by atoms with Gasteiger partial charge in [0.15, 0.2) is 0 Å². The van der Waals surface area contributed by atoms with E-state index in [-0.39, 0.29) is 16.6 Å².